The van der Waals surface area contributed by atoms with Crippen LogP contribution in [0.25, 0.3) is 21.5 Å². The molecule has 4 aromatic rings. The number of allylic oxidation sites excluding steroid dienone is 5. The molecule has 0 fully saturated rings. The van der Waals surface area contributed by atoms with E-state index >= 15 is 0 Å². The van der Waals surface area contributed by atoms with Crippen molar-refractivity contribution < 1.29 is 19.3 Å². The fraction of sp³-hybridized carbons (Fsp3) is 0.431. The van der Waals surface area contributed by atoms with Crippen molar-refractivity contribution in [3.05, 3.63) is 119 Å². The van der Waals surface area contributed by atoms with E-state index in [9.17, 15) is 14.7 Å². The highest BCUT2D eigenvalue weighted by Gasteiger charge is 2.48. The Morgan fingerprint density at radius 3 is 1.79 bits per heavy atom. The van der Waals surface area contributed by atoms with Crippen LogP contribution in [0.2, 0.25) is 0 Å². The van der Waals surface area contributed by atoms with E-state index in [1.54, 1.807) is 0 Å². The summed E-state index contributed by atoms with van der Waals surface area (Å²) in [6.45, 7) is 14.9. The van der Waals surface area contributed by atoms with Gasteiger partial charge in [0, 0.05) is 47.5 Å². The van der Waals surface area contributed by atoms with Crippen molar-refractivity contribution in [1.29, 1.82) is 0 Å². The number of anilines is 1. The molecular weight excluding hydrogens is 689 g/mol. The Morgan fingerprint density at radius 1 is 0.625 bits per heavy atom. The molecule has 1 aliphatic carbocycles. The van der Waals surface area contributed by atoms with Gasteiger partial charge in [0.1, 0.15) is 12.3 Å². The topological polar surface area (TPSA) is 60.6 Å². The Kier molecular flexibility index (Phi) is 11.5. The van der Waals surface area contributed by atoms with Crippen LogP contribution in [0.4, 0.5) is 11.4 Å². The average Bonchev–Trinajstić information content (AvgIpc) is 3.62. The molecule has 5 nitrogen and oxygen atoms in total. The fourth-order valence-electron chi connectivity index (χ4n) is 9.36. The molecule has 1 N–H and O–H groups in total. The molecular formula is C51H61N2O3+. The zero-order valence-corrected chi connectivity index (χ0v) is 34.6. The maximum Gasteiger partial charge on any atom is 0.237 e. The van der Waals surface area contributed by atoms with E-state index in [0.717, 1.165) is 61.6 Å². The van der Waals surface area contributed by atoms with Gasteiger partial charge in [-0.2, -0.15) is 4.58 Å². The number of benzene rings is 4. The third kappa shape index (κ3) is 7.30. The van der Waals surface area contributed by atoms with Crippen LogP contribution in [-0.2, 0) is 20.4 Å². The summed E-state index contributed by atoms with van der Waals surface area (Å²) in [7, 11) is 0. The lowest BCUT2D eigenvalue weighted by Crippen LogP contribution is -2.29. The first-order valence-electron chi connectivity index (χ1n) is 21.4. The van der Waals surface area contributed by atoms with Gasteiger partial charge in [-0.05, 0) is 78.1 Å². The molecule has 4 aromatic carbocycles. The largest absolute Gasteiger partial charge is 0.506 e. The third-order valence-corrected chi connectivity index (χ3v) is 12.8. The number of fused-ring (bicyclic) bond motifs is 4. The number of aliphatic hydroxyl groups excluding tert-OH is 1. The predicted octanol–water partition coefficient (Wildman–Crippen LogP) is 12.7. The summed E-state index contributed by atoms with van der Waals surface area (Å²) in [5.74, 6) is -1.49. The maximum absolute atomic E-state index is 14.1. The molecule has 5 heteroatoms. The first-order valence-corrected chi connectivity index (χ1v) is 21.4. The number of rotatable bonds is 16. The third-order valence-electron chi connectivity index (χ3n) is 12.8. The molecule has 2 heterocycles. The lowest BCUT2D eigenvalue weighted by Gasteiger charge is -2.27. The lowest BCUT2D eigenvalue weighted by molar-refractivity contribution is -0.438. The Bertz CT molecular complexity index is 2300. The number of carbonyl (C=O) groups is 2. The van der Waals surface area contributed by atoms with Crippen LogP contribution in [0.3, 0.4) is 0 Å². The number of carbonyl (C=O) groups excluding carboxylic acids is 2. The van der Waals surface area contributed by atoms with Crippen LogP contribution < -0.4 is 4.90 Å². The summed E-state index contributed by atoms with van der Waals surface area (Å²) in [6.07, 6.45) is 17.8. The highest BCUT2D eigenvalue weighted by molar-refractivity contribution is 6.54. The fourth-order valence-corrected chi connectivity index (χ4v) is 9.36. The number of Topliss-reactive ketones (excluding diaryl/α,β-unsaturated/α-hetero) is 2. The quantitative estimate of drug-likeness (QED) is 0.0536. The monoisotopic (exact) mass is 749 g/mol. The van der Waals surface area contributed by atoms with Gasteiger partial charge in [0.2, 0.25) is 17.3 Å². The van der Waals surface area contributed by atoms with E-state index in [-0.39, 0.29) is 16.9 Å². The van der Waals surface area contributed by atoms with Crippen molar-refractivity contribution in [2.45, 2.75) is 129 Å². The number of nitrogens with zero attached hydrogens (tertiary/aromatic N) is 2. The van der Waals surface area contributed by atoms with Gasteiger partial charge in [0.15, 0.2) is 5.71 Å². The highest BCUT2D eigenvalue weighted by atomic mass is 16.3. The van der Waals surface area contributed by atoms with Crippen molar-refractivity contribution in [3.63, 3.8) is 0 Å². The van der Waals surface area contributed by atoms with Crippen molar-refractivity contribution >= 4 is 50.2 Å². The van der Waals surface area contributed by atoms with Crippen LogP contribution >= 0.6 is 0 Å². The molecule has 0 bridgehead atoms. The van der Waals surface area contributed by atoms with Crippen molar-refractivity contribution in [2.24, 2.45) is 0 Å². The number of hydrogen-bond donors (Lipinski definition) is 1. The van der Waals surface area contributed by atoms with E-state index < -0.39 is 22.4 Å². The summed E-state index contributed by atoms with van der Waals surface area (Å²) in [5.41, 5.74) is 5.83. The van der Waals surface area contributed by atoms with Gasteiger partial charge in [0.05, 0.1) is 16.6 Å². The van der Waals surface area contributed by atoms with Gasteiger partial charge >= 0.3 is 0 Å². The molecule has 0 spiro atoms. The molecule has 0 aromatic heterocycles. The van der Waals surface area contributed by atoms with Crippen LogP contribution in [0, 0.1) is 0 Å². The smallest absolute Gasteiger partial charge is 0.237 e. The Labute approximate surface area is 334 Å². The zero-order chi connectivity index (χ0) is 39.6. The Hall–Kier alpha value is -4.77. The first-order chi connectivity index (χ1) is 27.0. The molecule has 3 aliphatic rings. The molecule has 7 rings (SSSR count). The van der Waals surface area contributed by atoms with E-state index in [2.05, 4.69) is 124 Å². The first kappa shape index (κ1) is 39.5. The zero-order valence-electron chi connectivity index (χ0n) is 34.6. The van der Waals surface area contributed by atoms with Crippen molar-refractivity contribution in [3.8, 4) is 0 Å². The molecule has 292 valence electrons. The molecule has 0 atom stereocenters. The minimum atomic E-state index is -0.639. The number of ketones is 2. The lowest BCUT2D eigenvalue weighted by atomic mass is 9.80. The van der Waals surface area contributed by atoms with Crippen LogP contribution in [0.15, 0.2) is 108 Å². The second-order valence-electron chi connectivity index (χ2n) is 17.4. The molecule has 0 saturated carbocycles. The molecule has 2 aliphatic heterocycles. The summed E-state index contributed by atoms with van der Waals surface area (Å²) in [6, 6.07) is 26.0. The van der Waals surface area contributed by atoms with Crippen molar-refractivity contribution in [2.75, 3.05) is 18.0 Å². The molecule has 0 radical (unpaired) electrons. The predicted molar refractivity (Wildman–Crippen MR) is 234 cm³/mol. The van der Waals surface area contributed by atoms with E-state index in [4.69, 9.17) is 0 Å². The van der Waals surface area contributed by atoms with Gasteiger partial charge in [0.25, 0.3) is 0 Å². The second-order valence-corrected chi connectivity index (χ2v) is 17.4. The normalized spacial score (nSPS) is 18.8. The van der Waals surface area contributed by atoms with Gasteiger partial charge in [-0.1, -0.05) is 134 Å². The molecule has 0 unspecified atom stereocenters. The Balaban J connectivity index is 1.30. The summed E-state index contributed by atoms with van der Waals surface area (Å²) >= 11 is 0. The number of aliphatic hydroxyl groups is 1. The summed E-state index contributed by atoms with van der Waals surface area (Å²) in [4.78, 5) is 30.5. The molecule has 0 amide bonds. The van der Waals surface area contributed by atoms with Crippen LogP contribution in [0.5, 0.6) is 0 Å². The van der Waals surface area contributed by atoms with E-state index in [1.165, 1.54) is 84.0 Å². The number of unbranched alkanes of at least 4 members (excludes halogenated alkanes) is 10. The second kappa shape index (κ2) is 16.4. The standard InChI is InChI=1S/C51H60N2O3/c1-7-9-11-13-15-21-27-52-43-31-37-25-19-17-23-35(37)29-41(43)50(3,4)45(52)33-39-47(54)40(49(56)48(39)55)34-46-51(5,6)42-30-36-24-18-20-26-38(36)32-44(42)53(46)28-22-16-14-12-10-8-2/h17-20,23-26,29-34H,7-16,21-22,27-28H2,1-6H3/p+1. The van der Waals surface area contributed by atoms with Gasteiger partial charge in [-0.25, -0.2) is 0 Å². The summed E-state index contributed by atoms with van der Waals surface area (Å²) in [5, 5.41) is 16.7. The Morgan fingerprint density at radius 2 is 1.16 bits per heavy atom. The van der Waals surface area contributed by atoms with Gasteiger partial charge in [-0.3, -0.25) is 9.59 Å². The minimum absolute atomic E-state index is 0.0942. The highest BCUT2D eigenvalue weighted by Crippen LogP contribution is 2.50. The van der Waals surface area contributed by atoms with Gasteiger partial charge in [-0.15, -0.1) is 0 Å². The SMILES string of the molecule is CCCCCCCCN1/C(=C\C2=C(O)C(=C/C3=[N+](CCCCCCCC)c4cc5ccccc5cc4C3(C)C)/C(=O)C2=O)C(C)(C)c2cc3ccccc3cc21. The van der Waals surface area contributed by atoms with Crippen LogP contribution in [0.1, 0.15) is 130 Å². The molecule has 0 saturated heterocycles. The van der Waals surface area contributed by atoms with Crippen LogP contribution in [-0.4, -0.2) is 40.0 Å². The average molecular weight is 750 g/mol. The van der Waals surface area contributed by atoms with Crippen molar-refractivity contribution in [1.82, 2.24) is 0 Å². The minimum Gasteiger partial charge on any atom is -0.506 e. The molecule has 56 heavy (non-hydrogen) atoms. The van der Waals surface area contributed by atoms with E-state index in [1.807, 2.05) is 12.2 Å². The van der Waals surface area contributed by atoms with E-state index in [0.29, 0.717) is 0 Å². The maximum atomic E-state index is 14.1. The summed E-state index contributed by atoms with van der Waals surface area (Å²) < 4.78 is 2.35. The number of hydrogen-bond acceptors (Lipinski definition) is 4. The van der Waals surface area contributed by atoms with Gasteiger partial charge < -0.3 is 10.0 Å².